The molecular weight excluding hydrogens is 357 g/mol. The highest BCUT2D eigenvalue weighted by atomic mass is 35.5. The summed E-state index contributed by atoms with van der Waals surface area (Å²) in [5.41, 5.74) is 0. The molecule has 1 saturated carbocycles. The van der Waals surface area contributed by atoms with Crippen LogP contribution in [0.25, 0.3) is 0 Å². The van der Waals surface area contributed by atoms with Crippen LogP contribution >= 0.6 is 24.8 Å². The Hall–Kier alpha value is -0.0300. The summed E-state index contributed by atoms with van der Waals surface area (Å²) in [6, 6.07) is 0.753. The predicted molar refractivity (Wildman–Crippen MR) is 107 cm³/mol. The van der Waals surface area contributed by atoms with E-state index in [9.17, 15) is 4.79 Å². The van der Waals surface area contributed by atoms with Crippen molar-refractivity contribution < 1.29 is 4.79 Å². The van der Waals surface area contributed by atoms with Crippen LogP contribution in [0.2, 0.25) is 0 Å². The van der Waals surface area contributed by atoms with E-state index in [0.29, 0.717) is 11.9 Å². The number of hydrogen-bond donors (Lipinski definition) is 1. The van der Waals surface area contributed by atoms with Crippen LogP contribution in [-0.4, -0.2) is 60.5 Å². The molecule has 0 spiro atoms. The van der Waals surface area contributed by atoms with Crippen LogP contribution < -0.4 is 5.32 Å². The first-order valence-electron chi connectivity index (χ1n) is 10.1. The summed E-state index contributed by atoms with van der Waals surface area (Å²) in [4.78, 5) is 17.6. The topological polar surface area (TPSA) is 35.6 Å². The van der Waals surface area contributed by atoms with Crippen LogP contribution in [-0.2, 0) is 4.79 Å². The van der Waals surface area contributed by atoms with Crippen LogP contribution in [0.4, 0.5) is 0 Å². The second kappa shape index (κ2) is 9.77. The van der Waals surface area contributed by atoms with E-state index in [1.807, 2.05) is 0 Å². The van der Waals surface area contributed by atoms with Crippen LogP contribution in [0.15, 0.2) is 0 Å². The molecule has 3 atom stereocenters. The van der Waals surface area contributed by atoms with Gasteiger partial charge in [-0.2, -0.15) is 0 Å². The first-order valence-corrected chi connectivity index (χ1v) is 10.1. The van der Waals surface area contributed by atoms with Crippen LogP contribution in [0.1, 0.15) is 57.8 Å². The zero-order valence-corrected chi connectivity index (χ0v) is 17.0. The monoisotopic (exact) mass is 391 g/mol. The van der Waals surface area contributed by atoms with Crippen molar-refractivity contribution in [2.75, 3.05) is 32.7 Å². The van der Waals surface area contributed by atoms with Gasteiger partial charge in [-0.3, -0.25) is 4.79 Å². The maximum Gasteiger partial charge on any atom is 0.239 e. The number of rotatable bonds is 3. The molecule has 6 heteroatoms. The van der Waals surface area contributed by atoms with E-state index in [4.69, 9.17) is 0 Å². The summed E-state index contributed by atoms with van der Waals surface area (Å²) >= 11 is 0. The molecule has 4 fully saturated rings. The number of piperidine rings is 1. The Bertz CT molecular complexity index is 409. The third-order valence-corrected chi connectivity index (χ3v) is 6.80. The van der Waals surface area contributed by atoms with Crippen LogP contribution in [0, 0.1) is 11.8 Å². The smallest absolute Gasteiger partial charge is 0.239 e. The molecule has 0 aromatic rings. The molecule has 25 heavy (non-hydrogen) atoms. The largest absolute Gasteiger partial charge is 0.341 e. The minimum Gasteiger partial charge on any atom is -0.341 e. The fourth-order valence-corrected chi connectivity index (χ4v) is 5.40. The molecule has 3 aliphatic heterocycles. The van der Waals surface area contributed by atoms with Gasteiger partial charge in [-0.05, 0) is 69.9 Å². The molecule has 0 aromatic heterocycles. The van der Waals surface area contributed by atoms with E-state index in [1.165, 1.54) is 71.0 Å². The number of carbonyl (C=O) groups is 1. The van der Waals surface area contributed by atoms with Crippen molar-refractivity contribution in [1.82, 2.24) is 15.1 Å². The molecule has 4 rings (SSSR count). The Morgan fingerprint density at radius 1 is 0.880 bits per heavy atom. The van der Waals surface area contributed by atoms with Gasteiger partial charge in [0.15, 0.2) is 0 Å². The molecule has 3 saturated heterocycles. The summed E-state index contributed by atoms with van der Waals surface area (Å²) in [7, 11) is 0. The third-order valence-electron chi connectivity index (χ3n) is 6.80. The van der Waals surface area contributed by atoms with Crippen molar-refractivity contribution in [1.29, 1.82) is 0 Å². The van der Waals surface area contributed by atoms with Gasteiger partial charge in [-0.15, -0.1) is 24.8 Å². The van der Waals surface area contributed by atoms with Gasteiger partial charge in [0.2, 0.25) is 5.91 Å². The molecule has 1 aliphatic carbocycles. The number of amides is 1. The van der Waals surface area contributed by atoms with Gasteiger partial charge < -0.3 is 15.1 Å². The summed E-state index contributed by atoms with van der Waals surface area (Å²) in [6.45, 7) is 5.85. The summed E-state index contributed by atoms with van der Waals surface area (Å²) in [5.74, 6) is 1.99. The fraction of sp³-hybridized carbons (Fsp3) is 0.947. The summed E-state index contributed by atoms with van der Waals surface area (Å²) in [6.07, 6.45) is 11.6. The molecule has 1 N–H and O–H groups in total. The number of fused-ring (bicyclic) bond motifs is 1. The Kier molecular flexibility index (Phi) is 8.32. The van der Waals surface area contributed by atoms with Crippen LogP contribution in [0.5, 0.6) is 0 Å². The first kappa shape index (κ1) is 21.3. The maximum atomic E-state index is 12.8. The Morgan fingerprint density at radius 2 is 1.56 bits per heavy atom. The number of hydrogen-bond acceptors (Lipinski definition) is 3. The van der Waals surface area contributed by atoms with Gasteiger partial charge in [-0.25, -0.2) is 0 Å². The number of carbonyl (C=O) groups excluding carboxylic acids is 1. The van der Waals surface area contributed by atoms with Gasteiger partial charge in [0.25, 0.3) is 0 Å². The summed E-state index contributed by atoms with van der Waals surface area (Å²) < 4.78 is 0. The Balaban J connectivity index is 0.00000113. The lowest BCUT2D eigenvalue weighted by molar-refractivity contribution is -0.134. The van der Waals surface area contributed by atoms with Crippen molar-refractivity contribution in [2.45, 2.75) is 69.9 Å². The molecule has 0 bridgehead atoms. The second-order valence-corrected chi connectivity index (χ2v) is 8.38. The average molecular weight is 392 g/mol. The molecule has 3 heterocycles. The quantitative estimate of drug-likeness (QED) is 0.802. The molecule has 1 amide bonds. The number of nitrogens with zero attached hydrogens (tertiary/aromatic N) is 2. The second-order valence-electron chi connectivity index (χ2n) is 8.38. The Morgan fingerprint density at radius 3 is 2.24 bits per heavy atom. The zero-order valence-electron chi connectivity index (χ0n) is 15.3. The van der Waals surface area contributed by atoms with E-state index in [2.05, 4.69) is 15.1 Å². The number of halogens is 2. The third kappa shape index (κ3) is 5.03. The molecule has 3 unspecified atom stereocenters. The van der Waals surface area contributed by atoms with Gasteiger partial charge in [0, 0.05) is 25.7 Å². The van der Waals surface area contributed by atoms with Gasteiger partial charge in [-0.1, -0.05) is 12.8 Å². The van der Waals surface area contributed by atoms with Crippen molar-refractivity contribution in [2.24, 2.45) is 11.8 Å². The maximum absolute atomic E-state index is 12.8. The lowest BCUT2D eigenvalue weighted by atomic mass is 9.85. The molecular formula is C19H35Cl2N3O. The lowest BCUT2D eigenvalue weighted by Crippen LogP contribution is -2.49. The van der Waals surface area contributed by atoms with Gasteiger partial charge in [0.1, 0.15) is 0 Å². The van der Waals surface area contributed by atoms with E-state index < -0.39 is 0 Å². The van der Waals surface area contributed by atoms with Crippen LogP contribution in [0.3, 0.4) is 0 Å². The standard InChI is InChI=1S/C19H33N3O.2ClH/c23-19(18-13-16-5-1-2-6-17(16)20-18)22-11-7-15(8-12-22)14-21-9-3-4-10-21;;/h15-18,20H,1-14H2;2*1H. The SMILES string of the molecule is Cl.Cl.O=C(C1CC2CCCCC2N1)N1CCC(CN2CCCC2)CC1. The number of likely N-dealkylation sites (tertiary alicyclic amines) is 2. The van der Waals surface area contributed by atoms with E-state index in [1.54, 1.807) is 0 Å². The van der Waals surface area contributed by atoms with E-state index >= 15 is 0 Å². The average Bonchev–Trinajstić information content (AvgIpc) is 3.24. The van der Waals surface area contributed by atoms with Crippen molar-refractivity contribution in [3.05, 3.63) is 0 Å². The fourth-order valence-electron chi connectivity index (χ4n) is 5.40. The normalized spacial score (nSPS) is 33.4. The molecule has 146 valence electrons. The summed E-state index contributed by atoms with van der Waals surface area (Å²) in [5, 5.41) is 3.66. The van der Waals surface area contributed by atoms with Crippen molar-refractivity contribution in [3.8, 4) is 0 Å². The molecule has 4 aliphatic rings. The lowest BCUT2D eigenvalue weighted by Gasteiger charge is -2.35. The predicted octanol–water partition coefficient (Wildman–Crippen LogP) is 3.09. The van der Waals surface area contributed by atoms with Crippen molar-refractivity contribution in [3.63, 3.8) is 0 Å². The van der Waals surface area contributed by atoms with E-state index in [-0.39, 0.29) is 30.9 Å². The molecule has 4 nitrogen and oxygen atoms in total. The number of nitrogens with one attached hydrogen (secondary N) is 1. The highest BCUT2D eigenvalue weighted by Crippen LogP contribution is 2.34. The van der Waals surface area contributed by atoms with Gasteiger partial charge in [0.05, 0.1) is 6.04 Å². The minimum atomic E-state index is 0. The van der Waals surface area contributed by atoms with Crippen molar-refractivity contribution >= 4 is 30.7 Å². The highest BCUT2D eigenvalue weighted by molar-refractivity contribution is 5.85. The Labute approximate surface area is 165 Å². The van der Waals surface area contributed by atoms with E-state index in [0.717, 1.165) is 31.3 Å². The highest BCUT2D eigenvalue weighted by Gasteiger charge is 2.40. The molecule has 0 aromatic carbocycles. The molecule has 0 radical (unpaired) electrons. The van der Waals surface area contributed by atoms with Gasteiger partial charge >= 0.3 is 0 Å². The zero-order chi connectivity index (χ0) is 15.6. The minimum absolute atomic E-state index is 0. The first-order chi connectivity index (χ1) is 11.3.